The highest BCUT2D eigenvalue weighted by Gasteiger charge is 2.02. The van der Waals surface area contributed by atoms with Crippen molar-refractivity contribution in [2.24, 2.45) is 7.05 Å². The second-order valence-electron chi connectivity index (χ2n) is 4.07. The van der Waals surface area contributed by atoms with Crippen LogP contribution in [0.2, 0.25) is 0 Å². The van der Waals surface area contributed by atoms with Gasteiger partial charge in [0.25, 0.3) is 0 Å². The number of nitrogens with one attached hydrogen (secondary N) is 1. The smallest absolute Gasteiger partial charge is 0.120 e. The topological polar surface area (TPSA) is 53.9 Å². The molecule has 0 aromatic carbocycles. The van der Waals surface area contributed by atoms with Gasteiger partial charge in [-0.1, -0.05) is 0 Å². The lowest BCUT2D eigenvalue weighted by Gasteiger charge is -1.99. The molecule has 0 fully saturated rings. The van der Waals surface area contributed by atoms with Crippen molar-refractivity contribution in [2.75, 3.05) is 0 Å². The summed E-state index contributed by atoms with van der Waals surface area (Å²) >= 11 is 0. The van der Waals surface area contributed by atoms with Crippen LogP contribution in [0.4, 0.5) is 0 Å². The number of aryl methyl sites for hydroxylation is 2. The molecule has 2 aromatic heterocycles. The van der Waals surface area contributed by atoms with E-state index in [1.807, 2.05) is 42.9 Å². The van der Waals surface area contributed by atoms with Crippen molar-refractivity contribution < 1.29 is 4.42 Å². The van der Waals surface area contributed by atoms with Gasteiger partial charge in [0, 0.05) is 19.8 Å². The lowest BCUT2D eigenvalue weighted by Crippen LogP contribution is -2.11. The SMILES string of the molecule is Cc1ccc(CNCc2cc(C#N)n(C)c2)o1. The normalized spacial score (nSPS) is 10.4. The van der Waals surface area contributed by atoms with E-state index in [2.05, 4.69) is 11.4 Å². The first-order chi connectivity index (χ1) is 8.19. The van der Waals surface area contributed by atoms with E-state index in [-0.39, 0.29) is 0 Å². The van der Waals surface area contributed by atoms with Crippen LogP contribution in [0.1, 0.15) is 22.8 Å². The van der Waals surface area contributed by atoms with Gasteiger partial charge < -0.3 is 14.3 Å². The van der Waals surface area contributed by atoms with Gasteiger partial charge in [0.2, 0.25) is 0 Å². The maximum Gasteiger partial charge on any atom is 0.120 e. The largest absolute Gasteiger partial charge is 0.465 e. The van der Waals surface area contributed by atoms with Crippen LogP contribution in [0.5, 0.6) is 0 Å². The van der Waals surface area contributed by atoms with E-state index >= 15 is 0 Å². The molecule has 0 saturated heterocycles. The molecule has 0 unspecified atom stereocenters. The average molecular weight is 229 g/mol. The zero-order chi connectivity index (χ0) is 12.3. The maximum absolute atomic E-state index is 8.83. The molecule has 2 rings (SSSR count). The highest BCUT2D eigenvalue weighted by molar-refractivity contribution is 5.28. The van der Waals surface area contributed by atoms with Gasteiger partial charge in [0.15, 0.2) is 0 Å². The Hall–Kier alpha value is -1.99. The summed E-state index contributed by atoms with van der Waals surface area (Å²) in [5, 5.41) is 12.1. The fraction of sp³-hybridized carbons (Fsp3) is 0.308. The monoisotopic (exact) mass is 229 g/mol. The van der Waals surface area contributed by atoms with Crippen LogP contribution in [-0.4, -0.2) is 4.57 Å². The van der Waals surface area contributed by atoms with Crippen molar-refractivity contribution >= 4 is 0 Å². The number of aromatic nitrogens is 1. The summed E-state index contributed by atoms with van der Waals surface area (Å²) in [7, 11) is 1.87. The van der Waals surface area contributed by atoms with Crippen molar-refractivity contribution in [1.29, 1.82) is 5.26 Å². The summed E-state index contributed by atoms with van der Waals surface area (Å²) in [6.45, 7) is 3.36. The van der Waals surface area contributed by atoms with E-state index in [4.69, 9.17) is 9.68 Å². The third kappa shape index (κ3) is 2.77. The van der Waals surface area contributed by atoms with Crippen LogP contribution in [0.3, 0.4) is 0 Å². The zero-order valence-electron chi connectivity index (χ0n) is 10.0. The van der Waals surface area contributed by atoms with Gasteiger partial charge in [0.05, 0.1) is 6.54 Å². The van der Waals surface area contributed by atoms with Gasteiger partial charge >= 0.3 is 0 Å². The Labute approximate surface area is 100 Å². The minimum Gasteiger partial charge on any atom is -0.465 e. The van der Waals surface area contributed by atoms with Gasteiger partial charge in [0.1, 0.15) is 23.3 Å². The third-order valence-electron chi connectivity index (χ3n) is 2.60. The second kappa shape index (κ2) is 4.89. The van der Waals surface area contributed by atoms with Crippen molar-refractivity contribution in [3.8, 4) is 6.07 Å². The second-order valence-corrected chi connectivity index (χ2v) is 4.07. The molecule has 1 N–H and O–H groups in total. The highest BCUT2D eigenvalue weighted by Crippen LogP contribution is 2.08. The van der Waals surface area contributed by atoms with Crippen LogP contribution in [0.25, 0.3) is 0 Å². The standard InChI is InChI=1S/C13H15N3O/c1-10-3-4-13(17-10)8-15-7-11-5-12(6-14)16(2)9-11/h3-5,9,15H,7-8H2,1-2H3. The van der Waals surface area contributed by atoms with E-state index in [0.29, 0.717) is 12.2 Å². The molecule has 0 aliphatic carbocycles. The Balaban J connectivity index is 1.88. The van der Waals surface area contributed by atoms with E-state index in [1.165, 1.54) is 0 Å². The van der Waals surface area contributed by atoms with Crippen LogP contribution in [-0.2, 0) is 20.1 Å². The molecule has 4 nitrogen and oxygen atoms in total. The van der Waals surface area contributed by atoms with E-state index < -0.39 is 0 Å². The van der Waals surface area contributed by atoms with Crippen LogP contribution >= 0.6 is 0 Å². The molecule has 0 aliphatic heterocycles. The van der Waals surface area contributed by atoms with Gasteiger partial charge in [-0.25, -0.2) is 0 Å². The molecule has 0 amide bonds. The zero-order valence-corrected chi connectivity index (χ0v) is 10.0. The van der Waals surface area contributed by atoms with Crippen LogP contribution in [0.15, 0.2) is 28.8 Å². The summed E-state index contributed by atoms with van der Waals surface area (Å²) in [6, 6.07) is 7.95. The van der Waals surface area contributed by atoms with Gasteiger partial charge in [-0.15, -0.1) is 0 Å². The molecule has 0 bridgehead atoms. The maximum atomic E-state index is 8.83. The van der Waals surface area contributed by atoms with Gasteiger partial charge in [-0.05, 0) is 30.7 Å². The van der Waals surface area contributed by atoms with E-state index in [9.17, 15) is 0 Å². The van der Waals surface area contributed by atoms with Crippen molar-refractivity contribution in [3.05, 3.63) is 47.2 Å². The first kappa shape index (κ1) is 11.5. The minimum absolute atomic E-state index is 0.677. The molecule has 2 heterocycles. The average Bonchev–Trinajstić information content (AvgIpc) is 2.85. The first-order valence-corrected chi connectivity index (χ1v) is 5.50. The molecule has 88 valence electrons. The molecule has 0 saturated carbocycles. The molecule has 0 aliphatic rings. The molecule has 0 radical (unpaired) electrons. The van der Waals surface area contributed by atoms with Gasteiger partial charge in [-0.3, -0.25) is 0 Å². The number of furan rings is 1. The summed E-state index contributed by atoms with van der Waals surface area (Å²) in [4.78, 5) is 0. The minimum atomic E-state index is 0.677. The fourth-order valence-electron chi connectivity index (χ4n) is 1.75. The van der Waals surface area contributed by atoms with Crippen molar-refractivity contribution in [1.82, 2.24) is 9.88 Å². The molecule has 2 aromatic rings. The molecule has 0 atom stereocenters. The van der Waals surface area contributed by atoms with Crippen molar-refractivity contribution in [2.45, 2.75) is 20.0 Å². The number of nitrogens with zero attached hydrogens (tertiary/aromatic N) is 2. The number of nitriles is 1. The predicted octanol–water partition coefficient (Wildman–Crippen LogP) is 2.09. The fourth-order valence-corrected chi connectivity index (χ4v) is 1.75. The summed E-state index contributed by atoms with van der Waals surface area (Å²) in [5.41, 5.74) is 1.78. The quantitative estimate of drug-likeness (QED) is 0.873. The molecule has 17 heavy (non-hydrogen) atoms. The Kier molecular flexibility index (Phi) is 3.31. The molecular formula is C13H15N3O. The number of hydrogen-bond acceptors (Lipinski definition) is 3. The Morgan fingerprint density at radius 2 is 2.24 bits per heavy atom. The van der Waals surface area contributed by atoms with E-state index in [0.717, 1.165) is 23.6 Å². The highest BCUT2D eigenvalue weighted by atomic mass is 16.3. The lowest BCUT2D eigenvalue weighted by atomic mass is 10.3. The van der Waals surface area contributed by atoms with Crippen LogP contribution in [0, 0.1) is 18.3 Å². The first-order valence-electron chi connectivity index (χ1n) is 5.50. The Bertz CT molecular complexity index is 545. The van der Waals surface area contributed by atoms with Crippen molar-refractivity contribution in [3.63, 3.8) is 0 Å². The Morgan fingerprint density at radius 1 is 1.41 bits per heavy atom. The number of hydrogen-bond donors (Lipinski definition) is 1. The summed E-state index contributed by atoms with van der Waals surface area (Å²) < 4.78 is 7.28. The Morgan fingerprint density at radius 3 is 2.82 bits per heavy atom. The number of rotatable bonds is 4. The summed E-state index contributed by atoms with van der Waals surface area (Å²) in [5.74, 6) is 1.85. The lowest BCUT2D eigenvalue weighted by molar-refractivity contribution is 0.461. The predicted molar refractivity (Wildman–Crippen MR) is 64.1 cm³/mol. The summed E-state index contributed by atoms with van der Waals surface area (Å²) in [6.07, 6.45) is 1.96. The molecule has 0 spiro atoms. The van der Waals surface area contributed by atoms with E-state index in [1.54, 1.807) is 0 Å². The van der Waals surface area contributed by atoms with Crippen LogP contribution < -0.4 is 5.32 Å². The third-order valence-corrected chi connectivity index (χ3v) is 2.60. The van der Waals surface area contributed by atoms with Gasteiger partial charge in [-0.2, -0.15) is 5.26 Å². The molecular weight excluding hydrogens is 214 g/mol. The molecule has 4 heteroatoms.